The number of benzene rings is 1. The number of rotatable bonds is 5. The molecule has 1 saturated carbocycles. The number of hydrogen-bond donors (Lipinski definition) is 0. The maximum absolute atomic E-state index is 6.65. The van der Waals surface area contributed by atoms with Crippen molar-refractivity contribution in [1.29, 1.82) is 0 Å². The van der Waals surface area contributed by atoms with E-state index in [1.807, 2.05) is 12.1 Å². The smallest absolute Gasteiger partial charge is 0.141 e. The van der Waals surface area contributed by atoms with Crippen molar-refractivity contribution in [1.82, 2.24) is 0 Å². The average Bonchev–Trinajstić information content (AvgIpc) is 2.47. The minimum absolute atomic E-state index is 0.00439. The maximum Gasteiger partial charge on any atom is 0.141 e. The Kier molecular flexibility index (Phi) is 6.03. The predicted molar refractivity (Wildman–Crippen MR) is 87.0 cm³/mol. The molecule has 0 saturated heterocycles. The molecule has 1 aliphatic rings. The Morgan fingerprint density at radius 3 is 2.50 bits per heavy atom. The monoisotopic (exact) mass is 360 g/mol. The van der Waals surface area contributed by atoms with E-state index in [9.17, 15) is 0 Å². The summed E-state index contributed by atoms with van der Waals surface area (Å²) in [4.78, 5) is 0. The summed E-state index contributed by atoms with van der Waals surface area (Å²) in [5.74, 6) is 2.31. The molecule has 4 heteroatoms. The third kappa shape index (κ3) is 3.62. The quantitative estimate of drug-likeness (QED) is 0.625. The lowest BCUT2D eigenvalue weighted by Crippen LogP contribution is -2.09. The fraction of sp³-hybridized carbons (Fsp3) is 0.625. The summed E-state index contributed by atoms with van der Waals surface area (Å²) in [6, 6.07) is 3.96. The Morgan fingerprint density at radius 1 is 1.20 bits per heavy atom. The van der Waals surface area contributed by atoms with Gasteiger partial charge in [-0.25, -0.2) is 0 Å². The minimum Gasteiger partial charge on any atom is -0.495 e. The van der Waals surface area contributed by atoms with Crippen LogP contribution < -0.4 is 9.47 Å². The van der Waals surface area contributed by atoms with Crippen LogP contribution in [0.4, 0.5) is 0 Å². The molecule has 1 aromatic carbocycles. The van der Waals surface area contributed by atoms with Crippen LogP contribution in [0.25, 0.3) is 0 Å². The lowest BCUT2D eigenvalue weighted by atomic mass is 9.85. The van der Waals surface area contributed by atoms with Gasteiger partial charge in [-0.2, -0.15) is 0 Å². The molecule has 1 unspecified atom stereocenters. The first-order valence-electron chi connectivity index (χ1n) is 7.21. The van der Waals surface area contributed by atoms with Gasteiger partial charge < -0.3 is 9.47 Å². The summed E-state index contributed by atoms with van der Waals surface area (Å²) in [5.41, 5.74) is 1.05. The zero-order valence-electron chi connectivity index (χ0n) is 12.1. The zero-order chi connectivity index (χ0) is 14.5. The topological polar surface area (TPSA) is 18.5 Å². The molecule has 0 N–H and O–H groups in total. The van der Waals surface area contributed by atoms with Crippen LogP contribution in [0, 0.1) is 5.92 Å². The molecule has 0 aliphatic heterocycles. The van der Waals surface area contributed by atoms with E-state index in [1.165, 1.54) is 32.1 Å². The number of hydrogen-bond acceptors (Lipinski definition) is 2. The summed E-state index contributed by atoms with van der Waals surface area (Å²) < 4.78 is 11.7. The summed E-state index contributed by atoms with van der Waals surface area (Å²) in [6.45, 7) is 0. The Morgan fingerprint density at radius 2 is 1.90 bits per heavy atom. The lowest BCUT2D eigenvalue weighted by molar-refractivity contribution is 0.332. The number of methoxy groups -OCH3 is 2. The van der Waals surface area contributed by atoms with Crippen LogP contribution in [-0.2, 0) is 0 Å². The second kappa shape index (κ2) is 7.56. The normalized spacial score (nSPS) is 17.8. The van der Waals surface area contributed by atoms with Gasteiger partial charge in [-0.1, -0.05) is 38.2 Å². The van der Waals surface area contributed by atoms with E-state index >= 15 is 0 Å². The Balaban J connectivity index is 2.16. The van der Waals surface area contributed by atoms with E-state index in [1.54, 1.807) is 14.2 Å². The number of halogens is 2. The molecule has 0 amide bonds. The second-order valence-corrected chi connectivity index (χ2v) is 6.73. The standard InChI is InChI=1S/C16H22BrClO2/c1-19-14-9-8-12(16(20-2)15(14)17)13(18)10-11-6-4-3-5-7-11/h8-9,11,13H,3-7,10H2,1-2H3. The van der Waals surface area contributed by atoms with E-state index in [0.29, 0.717) is 0 Å². The van der Waals surface area contributed by atoms with Gasteiger partial charge in [0.05, 0.1) is 19.6 Å². The summed E-state index contributed by atoms with van der Waals surface area (Å²) in [6.07, 6.45) is 7.71. The lowest BCUT2D eigenvalue weighted by Gasteiger charge is -2.25. The van der Waals surface area contributed by atoms with Crippen molar-refractivity contribution in [3.63, 3.8) is 0 Å². The SMILES string of the molecule is COc1ccc(C(Cl)CC2CCCCC2)c(OC)c1Br. The maximum atomic E-state index is 6.65. The van der Waals surface area contributed by atoms with Gasteiger partial charge >= 0.3 is 0 Å². The molecule has 1 fully saturated rings. The van der Waals surface area contributed by atoms with E-state index in [4.69, 9.17) is 21.1 Å². The number of ether oxygens (including phenoxy) is 2. The zero-order valence-corrected chi connectivity index (χ0v) is 14.5. The highest BCUT2D eigenvalue weighted by Crippen LogP contribution is 2.44. The molecule has 0 heterocycles. The van der Waals surface area contributed by atoms with Crippen molar-refractivity contribution in [3.8, 4) is 11.5 Å². The summed E-state index contributed by atoms with van der Waals surface area (Å²) in [5, 5.41) is -0.00439. The fourth-order valence-electron chi connectivity index (χ4n) is 3.01. The van der Waals surface area contributed by atoms with Gasteiger partial charge in [0.2, 0.25) is 0 Å². The Labute approximate surface area is 134 Å². The molecular weight excluding hydrogens is 340 g/mol. The first kappa shape index (κ1) is 16.0. The van der Waals surface area contributed by atoms with Crippen LogP contribution in [-0.4, -0.2) is 14.2 Å². The average molecular weight is 362 g/mol. The van der Waals surface area contributed by atoms with Gasteiger partial charge in [-0.3, -0.25) is 0 Å². The molecule has 2 nitrogen and oxygen atoms in total. The third-order valence-electron chi connectivity index (χ3n) is 4.12. The van der Waals surface area contributed by atoms with Crippen molar-refractivity contribution in [3.05, 3.63) is 22.2 Å². The highest BCUT2D eigenvalue weighted by molar-refractivity contribution is 9.10. The largest absolute Gasteiger partial charge is 0.495 e. The molecule has 0 spiro atoms. The van der Waals surface area contributed by atoms with Crippen LogP contribution in [0.3, 0.4) is 0 Å². The van der Waals surface area contributed by atoms with Gasteiger partial charge in [0.15, 0.2) is 0 Å². The van der Waals surface area contributed by atoms with Gasteiger partial charge in [0, 0.05) is 5.56 Å². The van der Waals surface area contributed by atoms with Crippen molar-refractivity contribution in [2.24, 2.45) is 5.92 Å². The third-order valence-corrected chi connectivity index (χ3v) is 5.28. The van der Waals surface area contributed by atoms with E-state index < -0.39 is 0 Å². The first-order chi connectivity index (χ1) is 9.67. The molecule has 0 aromatic heterocycles. The van der Waals surface area contributed by atoms with E-state index in [-0.39, 0.29) is 5.38 Å². The molecule has 0 bridgehead atoms. The van der Waals surface area contributed by atoms with Crippen LogP contribution in [0.5, 0.6) is 11.5 Å². The van der Waals surface area contributed by atoms with Crippen molar-refractivity contribution >= 4 is 27.5 Å². The van der Waals surface area contributed by atoms with Gasteiger partial charge in [-0.15, -0.1) is 11.6 Å². The predicted octanol–water partition coefficient (Wildman–Crippen LogP) is 5.72. The fourth-order valence-corrected chi connectivity index (χ4v) is 4.12. The van der Waals surface area contributed by atoms with Gasteiger partial charge in [0.25, 0.3) is 0 Å². The molecule has 20 heavy (non-hydrogen) atoms. The van der Waals surface area contributed by atoms with Gasteiger partial charge in [-0.05, 0) is 34.3 Å². The van der Waals surface area contributed by atoms with E-state index in [0.717, 1.165) is 33.9 Å². The second-order valence-electron chi connectivity index (χ2n) is 5.41. The Hall–Kier alpha value is -0.410. The van der Waals surface area contributed by atoms with Crippen LogP contribution in [0.15, 0.2) is 16.6 Å². The van der Waals surface area contributed by atoms with Crippen molar-refractivity contribution < 1.29 is 9.47 Å². The van der Waals surface area contributed by atoms with Crippen molar-refractivity contribution in [2.75, 3.05) is 14.2 Å². The molecule has 1 aliphatic carbocycles. The Bertz CT molecular complexity index is 444. The summed E-state index contributed by atoms with van der Waals surface area (Å²) in [7, 11) is 3.33. The van der Waals surface area contributed by atoms with E-state index in [2.05, 4.69) is 15.9 Å². The van der Waals surface area contributed by atoms with Crippen LogP contribution in [0.2, 0.25) is 0 Å². The minimum atomic E-state index is -0.00439. The van der Waals surface area contributed by atoms with Crippen LogP contribution in [0.1, 0.15) is 49.5 Å². The molecule has 2 rings (SSSR count). The first-order valence-corrected chi connectivity index (χ1v) is 8.44. The molecule has 0 radical (unpaired) electrons. The molecule has 1 atom stereocenters. The van der Waals surface area contributed by atoms with Crippen LogP contribution >= 0.6 is 27.5 Å². The number of alkyl halides is 1. The summed E-state index contributed by atoms with van der Waals surface area (Å²) >= 11 is 10.2. The highest BCUT2D eigenvalue weighted by Gasteiger charge is 2.23. The molecule has 112 valence electrons. The van der Waals surface area contributed by atoms with Crippen molar-refractivity contribution in [2.45, 2.75) is 43.9 Å². The highest BCUT2D eigenvalue weighted by atomic mass is 79.9. The molecule has 1 aromatic rings. The molecular formula is C16H22BrClO2. The van der Waals surface area contributed by atoms with Gasteiger partial charge in [0.1, 0.15) is 16.0 Å².